The highest BCUT2D eigenvalue weighted by atomic mass is 16.1. The van der Waals surface area contributed by atoms with Crippen molar-refractivity contribution in [3.63, 3.8) is 0 Å². The molecule has 1 aromatic rings. The van der Waals surface area contributed by atoms with Crippen molar-refractivity contribution in [2.75, 3.05) is 5.32 Å². The first-order valence-corrected chi connectivity index (χ1v) is 9.07. The van der Waals surface area contributed by atoms with Gasteiger partial charge >= 0.3 is 0 Å². The molecule has 4 aliphatic rings. The zero-order valence-electron chi connectivity index (χ0n) is 14.3. The predicted molar refractivity (Wildman–Crippen MR) is 91.7 cm³/mol. The molecule has 0 unspecified atom stereocenters. The maximum absolute atomic E-state index is 13.4. The summed E-state index contributed by atoms with van der Waals surface area (Å²) >= 11 is 0. The van der Waals surface area contributed by atoms with Gasteiger partial charge in [-0.1, -0.05) is 19.1 Å². The Morgan fingerprint density at radius 2 is 1.96 bits per heavy atom. The number of Topliss-reactive ketones (excluding diaryl/α,β-unsaturated/α-hetero) is 1. The van der Waals surface area contributed by atoms with E-state index in [1.807, 2.05) is 18.2 Å². The van der Waals surface area contributed by atoms with Crippen molar-refractivity contribution >= 4 is 11.5 Å². The van der Waals surface area contributed by atoms with E-state index in [9.17, 15) is 4.79 Å². The van der Waals surface area contributed by atoms with Gasteiger partial charge in [0.05, 0.1) is 0 Å². The van der Waals surface area contributed by atoms with Gasteiger partial charge in [-0.05, 0) is 63.5 Å². The molecule has 3 heteroatoms. The van der Waals surface area contributed by atoms with Crippen LogP contribution in [0.25, 0.3) is 0 Å². The number of piperidine rings is 1. The van der Waals surface area contributed by atoms with E-state index in [-0.39, 0.29) is 11.0 Å². The highest BCUT2D eigenvalue weighted by molar-refractivity contribution is 6.14. The lowest BCUT2D eigenvalue weighted by atomic mass is 9.55. The van der Waals surface area contributed by atoms with Gasteiger partial charge < -0.3 is 10.6 Å². The van der Waals surface area contributed by atoms with E-state index < -0.39 is 5.54 Å². The Bertz CT molecular complexity index is 711. The first-order valence-electron chi connectivity index (χ1n) is 9.07. The topological polar surface area (TPSA) is 41.1 Å². The zero-order chi connectivity index (χ0) is 16.0. The van der Waals surface area contributed by atoms with Gasteiger partial charge in [0, 0.05) is 28.2 Å². The molecule has 23 heavy (non-hydrogen) atoms. The first-order chi connectivity index (χ1) is 10.9. The Balaban J connectivity index is 1.63. The van der Waals surface area contributed by atoms with Gasteiger partial charge in [-0.25, -0.2) is 0 Å². The minimum Gasteiger partial charge on any atom is -0.371 e. The van der Waals surface area contributed by atoms with E-state index in [2.05, 4.69) is 37.5 Å². The van der Waals surface area contributed by atoms with Crippen molar-refractivity contribution in [1.29, 1.82) is 0 Å². The minimum absolute atomic E-state index is 0.0633. The fourth-order valence-electron chi connectivity index (χ4n) is 6.44. The molecular weight excluding hydrogens is 284 g/mol. The Labute approximate surface area is 138 Å². The van der Waals surface area contributed by atoms with Gasteiger partial charge in [-0.2, -0.15) is 0 Å². The molecule has 2 heterocycles. The zero-order valence-corrected chi connectivity index (χ0v) is 14.3. The highest BCUT2D eigenvalue weighted by Gasteiger charge is 2.70. The summed E-state index contributed by atoms with van der Waals surface area (Å²) in [6.45, 7) is 7.07. The van der Waals surface area contributed by atoms with Gasteiger partial charge in [-0.3, -0.25) is 4.79 Å². The molecule has 2 saturated carbocycles. The van der Waals surface area contributed by atoms with Crippen LogP contribution in [-0.4, -0.2) is 22.9 Å². The van der Waals surface area contributed by atoms with Crippen LogP contribution in [0.4, 0.5) is 5.69 Å². The van der Waals surface area contributed by atoms with Crippen LogP contribution in [0.5, 0.6) is 0 Å². The van der Waals surface area contributed by atoms with Gasteiger partial charge in [0.15, 0.2) is 5.78 Å². The van der Waals surface area contributed by atoms with Crippen molar-refractivity contribution in [3.05, 3.63) is 29.8 Å². The summed E-state index contributed by atoms with van der Waals surface area (Å²) < 4.78 is 0. The molecule has 1 saturated heterocycles. The van der Waals surface area contributed by atoms with E-state index in [0.717, 1.165) is 30.0 Å². The fourth-order valence-corrected chi connectivity index (χ4v) is 6.44. The summed E-state index contributed by atoms with van der Waals surface area (Å²) in [6.07, 6.45) is 4.59. The lowest BCUT2D eigenvalue weighted by Gasteiger charge is -2.55. The van der Waals surface area contributed by atoms with E-state index in [1.165, 1.54) is 12.8 Å². The van der Waals surface area contributed by atoms with E-state index >= 15 is 0 Å². The second-order valence-corrected chi connectivity index (χ2v) is 9.08. The van der Waals surface area contributed by atoms with Gasteiger partial charge in [0.25, 0.3) is 0 Å². The van der Waals surface area contributed by atoms with E-state index in [1.54, 1.807) is 0 Å². The third kappa shape index (κ3) is 1.48. The summed E-state index contributed by atoms with van der Waals surface area (Å²) in [6, 6.07) is 8.53. The highest BCUT2D eigenvalue weighted by Crippen LogP contribution is 2.65. The number of hydrogen-bond acceptors (Lipinski definition) is 3. The molecule has 2 aliphatic heterocycles. The van der Waals surface area contributed by atoms with Crippen LogP contribution < -0.4 is 10.6 Å². The molecule has 0 aromatic heterocycles. The number of carbonyl (C=O) groups excluding carboxylic acids is 1. The van der Waals surface area contributed by atoms with Crippen LogP contribution in [0.1, 0.15) is 56.8 Å². The normalized spacial score (nSPS) is 45.9. The van der Waals surface area contributed by atoms with Crippen LogP contribution in [-0.2, 0) is 0 Å². The number of para-hydroxylation sites is 1. The molecule has 2 aliphatic carbocycles. The molecule has 0 amide bonds. The summed E-state index contributed by atoms with van der Waals surface area (Å²) in [5.41, 5.74) is 1.80. The standard InChI is InChI=1S/C20H26N2O/c1-18(2)12-8-9-19(3)14(10-12)16(21-18)11-20(19)17(23)13-6-4-5-7-15(13)22-20/h4-7,12,14,16,21-22H,8-11H2,1-3H3/t12-,14+,16+,19+,20+/m0/s1. The summed E-state index contributed by atoms with van der Waals surface area (Å²) in [5, 5.41) is 7.64. The molecule has 5 rings (SSSR count). The number of fused-ring (bicyclic) bond motifs is 3. The number of carbonyl (C=O) groups is 1. The second kappa shape index (κ2) is 4.00. The molecule has 2 N–H and O–H groups in total. The molecular formula is C20H26N2O. The number of ketones is 1. The number of benzene rings is 1. The largest absolute Gasteiger partial charge is 0.371 e. The molecule has 5 atom stereocenters. The number of nitrogens with one attached hydrogen (secondary N) is 2. The smallest absolute Gasteiger partial charge is 0.190 e. The van der Waals surface area contributed by atoms with Crippen LogP contribution >= 0.6 is 0 Å². The molecule has 3 fully saturated rings. The summed E-state index contributed by atoms with van der Waals surface area (Å²) in [5.74, 6) is 1.69. The average Bonchev–Trinajstić information content (AvgIpc) is 2.94. The van der Waals surface area contributed by atoms with Crippen molar-refractivity contribution in [1.82, 2.24) is 5.32 Å². The maximum atomic E-state index is 13.4. The third-order valence-corrected chi connectivity index (χ3v) is 7.84. The Kier molecular flexibility index (Phi) is 2.44. The van der Waals surface area contributed by atoms with Crippen molar-refractivity contribution < 1.29 is 4.79 Å². The monoisotopic (exact) mass is 310 g/mol. The van der Waals surface area contributed by atoms with Crippen molar-refractivity contribution in [2.45, 2.75) is 63.6 Å². The Morgan fingerprint density at radius 3 is 2.74 bits per heavy atom. The molecule has 1 aromatic carbocycles. The maximum Gasteiger partial charge on any atom is 0.190 e. The first kappa shape index (κ1) is 14.0. The van der Waals surface area contributed by atoms with E-state index in [4.69, 9.17) is 0 Å². The van der Waals surface area contributed by atoms with Gasteiger partial charge in [0.1, 0.15) is 5.54 Å². The fraction of sp³-hybridized carbons (Fsp3) is 0.650. The third-order valence-electron chi connectivity index (χ3n) is 7.84. The molecule has 122 valence electrons. The van der Waals surface area contributed by atoms with E-state index in [0.29, 0.717) is 17.7 Å². The van der Waals surface area contributed by atoms with Crippen LogP contribution in [0.3, 0.4) is 0 Å². The van der Waals surface area contributed by atoms with Gasteiger partial charge in [-0.15, -0.1) is 0 Å². The Hall–Kier alpha value is -1.35. The number of rotatable bonds is 0. The molecule has 0 radical (unpaired) electrons. The quantitative estimate of drug-likeness (QED) is 0.769. The van der Waals surface area contributed by atoms with Crippen LogP contribution in [0.2, 0.25) is 0 Å². The molecule has 1 spiro atoms. The summed E-state index contributed by atoms with van der Waals surface area (Å²) in [7, 11) is 0. The molecule has 3 nitrogen and oxygen atoms in total. The average molecular weight is 310 g/mol. The SMILES string of the molecule is CC1(C)N[C@@H]2C[C@]3(Nc4ccccc4C3=O)[C@]3(C)CC[C@H]1C[C@H]23. The van der Waals surface area contributed by atoms with Crippen LogP contribution in [0.15, 0.2) is 24.3 Å². The molecule has 2 bridgehead atoms. The van der Waals surface area contributed by atoms with Crippen LogP contribution in [0, 0.1) is 17.3 Å². The Morgan fingerprint density at radius 1 is 1.17 bits per heavy atom. The number of anilines is 1. The predicted octanol–water partition coefficient (Wildman–Crippen LogP) is 3.61. The lowest BCUT2D eigenvalue weighted by molar-refractivity contribution is -0.00566. The van der Waals surface area contributed by atoms with Gasteiger partial charge in [0.2, 0.25) is 0 Å². The van der Waals surface area contributed by atoms with Crippen molar-refractivity contribution in [3.8, 4) is 0 Å². The van der Waals surface area contributed by atoms with Crippen molar-refractivity contribution in [2.24, 2.45) is 17.3 Å². The lowest BCUT2D eigenvalue weighted by Crippen LogP contribution is -2.62. The summed E-state index contributed by atoms with van der Waals surface area (Å²) in [4.78, 5) is 13.4. The second-order valence-electron chi connectivity index (χ2n) is 9.08. The number of hydrogen-bond donors (Lipinski definition) is 2. The minimum atomic E-state index is -0.398.